The summed E-state index contributed by atoms with van der Waals surface area (Å²) >= 11 is 1.62. The van der Waals surface area contributed by atoms with E-state index in [0.717, 1.165) is 20.8 Å². The lowest BCUT2D eigenvalue weighted by Crippen LogP contribution is -2.35. The topological polar surface area (TPSA) is 64.1 Å². The van der Waals surface area contributed by atoms with Crippen LogP contribution in [-0.2, 0) is 9.59 Å². The molecular weight excluding hydrogens is 310 g/mol. The SMILES string of the molecule is Cc1c(C(=O)C2C(=O)CCCC2=O)ccc2sc(C(C)C)nc12. The molecule has 23 heavy (non-hydrogen) atoms. The van der Waals surface area contributed by atoms with Crippen molar-refractivity contribution in [3.63, 3.8) is 0 Å². The minimum Gasteiger partial charge on any atom is -0.298 e. The number of aryl methyl sites for hydroxylation is 1. The Morgan fingerprint density at radius 1 is 1.22 bits per heavy atom. The summed E-state index contributed by atoms with van der Waals surface area (Å²) in [6.07, 6.45) is 1.19. The zero-order valence-electron chi connectivity index (χ0n) is 13.5. The second-order valence-corrected chi connectivity index (χ2v) is 7.44. The summed E-state index contributed by atoms with van der Waals surface area (Å²) in [6, 6.07) is 3.61. The van der Waals surface area contributed by atoms with Crippen LogP contribution >= 0.6 is 11.3 Å². The normalized spacial score (nSPS) is 16.5. The maximum atomic E-state index is 12.8. The van der Waals surface area contributed by atoms with Gasteiger partial charge in [-0.2, -0.15) is 0 Å². The molecule has 1 aromatic carbocycles. The highest BCUT2D eigenvalue weighted by molar-refractivity contribution is 7.18. The number of rotatable bonds is 3. The molecule has 1 aliphatic rings. The predicted molar refractivity (Wildman–Crippen MR) is 90.1 cm³/mol. The summed E-state index contributed by atoms with van der Waals surface area (Å²) in [5.41, 5.74) is 2.02. The molecule has 0 aliphatic heterocycles. The first-order valence-electron chi connectivity index (χ1n) is 7.90. The number of thiazole rings is 1. The van der Waals surface area contributed by atoms with Gasteiger partial charge in [0, 0.05) is 24.3 Å². The number of fused-ring (bicyclic) bond motifs is 1. The molecule has 1 fully saturated rings. The number of Topliss-reactive ketones (excluding diaryl/α,β-unsaturated/α-hetero) is 3. The van der Waals surface area contributed by atoms with Crippen LogP contribution in [0.25, 0.3) is 10.2 Å². The maximum absolute atomic E-state index is 12.8. The van der Waals surface area contributed by atoms with Gasteiger partial charge < -0.3 is 0 Å². The second-order valence-electron chi connectivity index (χ2n) is 6.38. The fraction of sp³-hybridized carbons (Fsp3) is 0.444. The summed E-state index contributed by atoms with van der Waals surface area (Å²) in [7, 11) is 0. The van der Waals surface area contributed by atoms with Crippen molar-refractivity contribution in [1.29, 1.82) is 0 Å². The molecule has 0 spiro atoms. The molecule has 1 aromatic heterocycles. The minimum absolute atomic E-state index is 0.244. The van der Waals surface area contributed by atoms with E-state index >= 15 is 0 Å². The molecule has 0 radical (unpaired) electrons. The van der Waals surface area contributed by atoms with Crippen LogP contribution in [0.2, 0.25) is 0 Å². The largest absolute Gasteiger partial charge is 0.298 e. The zero-order valence-corrected chi connectivity index (χ0v) is 14.3. The molecule has 0 N–H and O–H groups in total. The van der Waals surface area contributed by atoms with Gasteiger partial charge in [-0.25, -0.2) is 4.98 Å². The highest BCUT2D eigenvalue weighted by Crippen LogP contribution is 2.32. The molecular formula is C18H19NO3S. The number of hydrogen-bond donors (Lipinski definition) is 0. The van der Waals surface area contributed by atoms with Gasteiger partial charge in [-0.1, -0.05) is 13.8 Å². The first-order valence-corrected chi connectivity index (χ1v) is 8.71. The predicted octanol–water partition coefficient (Wildman–Crippen LogP) is 3.85. The van der Waals surface area contributed by atoms with Gasteiger partial charge in [0.2, 0.25) is 0 Å². The molecule has 3 rings (SSSR count). The Morgan fingerprint density at radius 2 is 1.87 bits per heavy atom. The first kappa shape index (κ1) is 16.0. The van der Waals surface area contributed by atoms with Crippen LogP contribution in [0.1, 0.15) is 60.0 Å². The third-order valence-electron chi connectivity index (χ3n) is 4.34. The van der Waals surface area contributed by atoms with Crippen LogP contribution in [0.5, 0.6) is 0 Å². The highest BCUT2D eigenvalue weighted by atomic mass is 32.1. The Kier molecular flexibility index (Phi) is 4.15. The Hall–Kier alpha value is -1.88. The standard InChI is InChI=1S/C18H19NO3S/c1-9(2)18-19-16-10(3)11(7-8-14(16)23-18)17(22)15-12(20)5-4-6-13(15)21/h7-9,15H,4-6H2,1-3H3. The molecule has 0 bridgehead atoms. The Morgan fingerprint density at radius 3 is 2.48 bits per heavy atom. The Labute approximate surface area is 138 Å². The number of carbonyl (C=O) groups is 3. The summed E-state index contributed by atoms with van der Waals surface area (Å²) in [4.78, 5) is 41.5. The van der Waals surface area contributed by atoms with E-state index in [2.05, 4.69) is 18.8 Å². The average molecular weight is 329 g/mol. The van der Waals surface area contributed by atoms with E-state index in [0.29, 0.717) is 30.7 Å². The van der Waals surface area contributed by atoms with E-state index < -0.39 is 5.92 Å². The molecule has 1 aliphatic carbocycles. The smallest absolute Gasteiger partial charge is 0.181 e. The lowest BCUT2D eigenvalue weighted by atomic mass is 9.81. The summed E-state index contributed by atoms with van der Waals surface area (Å²) in [5, 5.41) is 1.03. The molecule has 0 atom stereocenters. The first-order chi connectivity index (χ1) is 10.9. The number of benzene rings is 1. The minimum atomic E-state index is -1.11. The summed E-state index contributed by atoms with van der Waals surface area (Å²) < 4.78 is 1.03. The van der Waals surface area contributed by atoms with E-state index in [1.54, 1.807) is 17.4 Å². The average Bonchev–Trinajstić information content (AvgIpc) is 2.92. The van der Waals surface area contributed by atoms with Gasteiger partial charge in [0.05, 0.1) is 15.2 Å². The zero-order chi connectivity index (χ0) is 16.7. The molecule has 1 heterocycles. The number of carbonyl (C=O) groups excluding carboxylic acids is 3. The van der Waals surface area contributed by atoms with Crippen molar-refractivity contribution in [3.05, 3.63) is 28.3 Å². The van der Waals surface area contributed by atoms with E-state index in [1.807, 2.05) is 13.0 Å². The van der Waals surface area contributed by atoms with Crippen molar-refractivity contribution in [1.82, 2.24) is 4.98 Å². The molecule has 0 unspecified atom stereocenters. The van der Waals surface area contributed by atoms with Crippen LogP contribution < -0.4 is 0 Å². The molecule has 0 amide bonds. The molecule has 0 saturated heterocycles. The van der Waals surface area contributed by atoms with Gasteiger partial charge in [0.25, 0.3) is 0 Å². The Bertz CT molecular complexity index is 803. The third-order valence-corrected chi connectivity index (χ3v) is 5.66. The van der Waals surface area contributed by atoms with Gasteiger partial charge in [0.1, 0.15) is 5.92 Å². The van der Waals surface area contributed by atoms with Gasteiger partial charge in [0.15, 0.2) is 17.3 Å². The van der Waals surface area contributed by atoms with Crippen molar-refractivity contribution < 1.29 is 14.4 Å². The monoisotopic (exact) mass is 329 g/mol. The van der Waals surface area contributed by atoms with Gasteiger partial charge in [-0.15, -0.1) is 11.3 Å². The van der Waals surface area contributed by atoms with Crippen LogP contribution in [-0.4, -0.2) is 22.3 Å². The van der Waals surface area contributed by atoms with Crippen molar-refractivity contribution in [3.8, 4) is 0 Å². The van der Waals surface area contributed by atoms with E-state index in [1.165, 1.54) is 0 Å². The lowest BCUT2D eigenvalue weighted by Gasteiger charge is -2.19. The van der Waals surface area contributed by atoms with Gasteiger partial charge in [-0.3, -0.25) is 14.4 Å². The van der Waals surface area contributed by atoms with Crippen LogP contribution in [0.4, 0.5) is 0 Å². The van der Waals surface area contributed by atoms with Gasteiger partial charge >= 0.3 is 0 Å². The van der Waals surface area contributed by atoms with Crippen LogP contribution in [0.15, 0.2) is 12.1 Å². The third kappa shape index (κ3) is 2.74. The van der Waals surface area contributed by atoms with E-state index in [9.17, 15) is 14.4 Å². The maximum Gasteiger partial charge on any atom is 0.181 e. The highest BCUT2D eigenvalue weighted by Gasteiger charge is 2.37. The van der Waals surface area contributed by atoms with Crippen LogP contribution in [0, 0.1) is 12.8 Å². The van der Waals surface area contributed by atoms with Crippen molar-refractivity contribution in [2.45, 2.75) is 46.0 Å². The van der Waals surface area contributed by atoms with Gasteiger partial charge in [-0.05, 0) is 31.0 Å². The fourth-order valence-electron chi connectivity index (χ4n) is 3.01. The lowest BCUT2D eigenvalue weighted by molar-refractivity contribution is -0.133. The quantitative estimate of drug-likeness (QED) is 0.634. The van der Waals surface area contributed by atoms with Crippen molar-refractivity contribution in [2.75, 3.05) is 0 Å². The number of ketones is 3. The van der Waals surface area contributed by atoms with Crippen molar-refractivity contribution in [2.24, 2.45) is 5.92 Å². The second kappa shape index (κ2) is 5.96. The van der Waals surface area contributed by atoms with E-state index in [-0.39, 0.29) is 17.3 Å². The van der Waals surface area contributed by atoms with Crippen molar-refractivity contribution >= 4 is 38.9 Å². The molecule has 4 nitrogen and oxygen atoms in total. The van der Waals surface area contributed by atoms with Crippen LogP contribution in [0.3, 0.4) is 0 Å². The summed E-state index contributed by atoms with van der Waals surface area (Å²) in [5.74, 6) is -1.63. The number of aromatic nitrogens is 1. The summed E-state index contributed by atoms with van der Waals surface area (Å²) in [6.45, 7) is 6.01. The molecule has 5 heteroatoms. The molecule has 120 valence electrons. The molecule has 2 aromatic rings. The Balaban J connectivity index is 2.05. The van der Waals surface area contributed by atoms with E-state index in [4.69, 9.17) is 0 Å². The molecule has 1 saturated carbocycles. The number of hydrogen-bond acceptors (Lipinski definition) is 5. The fourth-order valence-corrected chi connectivity index (χ4v) is 4.04. The number of nitrogens with zero attached hydrogens (tertiary/aromatic N) is 1.